The largest absolute Gasteiger partial charge is 0.343 e. The van der Waals surface area contributed by atoms with E-state index < -0.39 is 0 Å². The number of aryl methyl sites for hydroxylation is 1. The SMILES string of the molecule is Cc1cccc(NC(=O)N2CCN(c3nc(Cc4ccccc4)ns3)CC2C)c1. The molecular formula is C22H25N5OS. The van der Waals surface area contributed by atoms with Gasteiger partial charge in [-0.3, -0.25) is 0 Å². The van der Waals surface area contributed by atoms with E-state index >= 15 is 0 Å². The molecule has 4 rings (SSSR count). The first kappa shape index (κ1) is 19.4. The van der Waals surface area contributed by atoms with Gasteiger partial charge < -0.3 is 15.1 Å². The minimum absolute atomic E-state index is 0.0511. The van der Waals surface area contributed by atoms with E-state index in [1.807, 2.05) is 54.3 Å². The Kier molecular flexibility index (Phi) is 5.76. The van der Waals surface area contributed by atoms with Crippen LogP contribution in [-0.4, -0.2) is 46.0 Å². The van der Waals surface area contributed by atoms with Crippen molar-refractivity contribution in [2.24, 2.45) is 0 Å². The fourth-order valence-corrected chi connectivity index (χ4v) is 4.29. The van der Waals surface area contributed by atoms with Gasteiger partial charge in [-0.05, 0) is 37.1 Å². The molecule has 2 heterocycles. The summed E-state index contributed by atoms with van der Waals surface area (Å²) in [5, 5.41) is 3.94. The standard InChI is InChI=1S/C22H25N5OS/c1-16-7-6-10-19(13-16)23-21(28)27-12-11-26(15-17(27)2)22-24-20(25-29-22)14-18-8-4-3-5-9-18/h3-10,13,17H,11-12,14-15H2,1-2H3,(H,23,28). The number of carbonyl (C=O) groups is 1. The number of rotatable bonds is 4. The fourth-order valence-electron chi connectivity index (χ4n) is 3.57. The van der Waals surface area contributed by atoms with E-state index in [1.54, 1.807) is 0 Å². The summed E-state index contributed by atoms with van der Waals surface area (Å²) in [6.07, 6.45) is 0.742. The molecule has 0 bridgehead atoms. The number of nitrogens with zero attached hydrogens (tertiary/aromatic N) is 4. The van der Waals surface area contributed by atoms with E-state index in [9.17, 15) is 4.79 Å². The van der Waals surface area contributed by atoms with Crippen molar-refractivity contribution in [1.29, 1.82) is 0 Å². The van der Waals surface area contributed by atoms with Crippen LogP contribution in [0.2, 0.25) is 0 Å². The molecule has 6 nitrogen and oxygen atoms in total. The van der Waals surface area contributed by atoms with Crippen LogP contribution < -0.4 is 10.2 Å². The summed E-state index contributed by atoms with van der Waals surface area (Å²) in [6.45, 7) is 6.26. The highest BCUT2D eigenvalue weighted by Crippen LogP contribution is 2.23. The molecule has 1 aliphatic rings. The topological polar surface area (TPSA) is 61.4 Å². The third-order valence-corrected chi connectivity index (χ3v) is 5.91. The molecule has 7 heteroatoms. The number of carbonyl (C=O) groups excluding carboxylic acids is 1. The lowest BCUT2D eigenvalue weighted by Crippen LogP contribution is -2.55. The molecule has 2 aromatic carbocycles. The van der Waals surface area contributed by atoms with Crippen LogP contribution in [0.25, 0.3) is 0 Å². The van der Waals surface area contributed by atoms with Crippen LogP contribution in [0.4, 0.5) is 15.6 Å². The van der Waals surface area contributed by atoms with E-state index in [0.29, 0.717) is 6.54 Å². The van der Waals surface area contributed by atoms with Crippen molar-refractivity contribution in [3.05, 3.63) is 71.5 Å². The molecule has 1 N–H and O–H groups in total. The fraction of sp³-hybridized carbons (Fsp3) is 0.318. The van der Waals surface area contributed by atoms with Crippen molar-refractivity contribution in [3.63, 3.8) is 0 Å². The Morgan fingerprint density at radius 2 is 2.00 bits per heavy atom. The van der Waals surface area contributed by atoms with E-state index in [0.717, 1.165) is 41.7 Å². The summed E-state index contributed by atoms with van der Waals surface area (Å²) in [7, 11) is 0. The second kappa shape index (κ2) is 8.61. The Balaban J connectivity index is 1.36. The number of amides is 2. The molecule has 0 saturated carbocycles. The van der Waals surface area contributed by atoms with Crippen molar-refractivity contribution in [2.45, 2.75) is 26.3 Å². The number of piperazine rings is 1. The van der Waals surface area contributed by atoms with E-state index in [1.165, 1.54) is 17.1 Å². The number of aromatic nitrogens is 2. The highest BCUT2D eigenvalue weighted by Gasteiger charge is 2.29. The first-order valence-corrected chi connectivity index (χ1v) is 10.6. The Labute approximate surface area is 175 Å². The lowest BCUT2D eigenvalue weighted by Gasteiger charge is -2.39. The zero-order valence-electron chi connectivity index (χ0n) is 16.7. The lowest BCUT2D eigenvalue weighted by molar-refractivity contribution is 0.185. The Hall–Kier alpha value is -2.93. The van der Waals surface area contributed by atoms with E-state index in [4.69, 9.17) is 4.98 Å². The molecule has 0 radical (unpaired) electrons. The summed E-state index contributed by atoms with van der Waals surface area (Å²) in [5.74, 6) is 0.850. The first-order valence-electron chi connectivity index (χ1n) is 9.84. The molecule has 1 atom stereocenters. The Morgan fingerprint density at radius 1 is 1.17 bits per heavy atom. The highest BCUT2D eigenvalue weighted by atomic mass is 32.1. The molecule has 29 heavy (non-hydrogen) atoms. The molecule has 0 spiro atoms. The van der Waals surface area contributed by atoms with Gasteiger partial charge in [0.2, 0.25) is 5.13 Å². The molecule has 1 aromatic heterocycles. The minimum atomic E-state index is -0.0511. The normalized spacial score (nSPS) is 16.7. The van der Waals surface area contributed by atoms with Gasteiger partial charge in [-0.25, -0.2) is 9.78 Å². The molecule has 1 saturated heterocycles. The van der Waals surface area contributed by atoms with Crippen molar-refractivity contribution in [3.8, 4) is 0 Å². The monoisotopic (exact) mass is 407 g/mol. The van der Waals surface area contributed by atoms with Crippen LogP contribution in [0.15, 0.2) is 54.6 Å². The first-order chi connectivity index (χ1) is 14.1. The smallest absolute Gasteiger partial charge is 0.322 e. The summed E-state index contributed by atoms with van der Waals surface area (Å²) >= 11 is 1.44. The van der Waals surface area contributed by atoms with Crippen molar-refractivity contribution in [2.75, 3.05) is 29.9 Å². The summed E-state index contributed by atoms with van der Waals surface area (Å²) < 4.78 is 4.53. The third kappa shape index (κ3) is 4.74. The van der Waals surface area contributed by atoms with Crippen molar-refractivity contribution < 1.29 is 4.79 Å². The number of anilines is 2. The molecule has 1 unspecified atom stereocenters. The van der Waals surface area contributed by atoms with Crippen LogP contribution in [0.1, 0.15) is 23.9 Å². The molecular weight excluding hydrogens is 382 g/mol. The Morgan fingerprint density at radius 3 is 2.76 bits per heavy atom. The molecule has 3 aromatic rings. The van der Waals surface area contributed by atoms with E-state index in [-0.39, 0.29) is 12.1 Å². The van der Waals surface area contributed by atoms with Gasteiger partial charge in [0.15, 0.2) is 0 Å². The van der Waals surface area contributed by atoms with Crippen LogP contribution >= 0.6 is 11.5 Å². The number of urea groups is 1. The summed E-state index contributed by atoms with van der Waals surface area (Å²) in [5.41, 5.74) is 3.17. The van der Waals surface area contributed by atoms with Gasteiger partial charge in [0, 0.05) is 49.3 Å². The quantitative estimate of drug-likeness (QED) is 0.705. The summed E-state index contributed by atoms with van der Waals surface area (Å²) in [6, 6.07) is 18.2. The predicted octanol–water partition coefficient (Wildman–Crippen LogP) is 4.18. The maximum absolute atomic E-state index is 12.7. The maximum atomic E-state index is 12.7. The van der Waals surface area contributed by atoms with Gasteiger partial charge >= 0.3 is 6.03 Å². The average Bonchev–Trinajstić information content (AvgIpc) is 3.17. The van der Waals surface area contributed by atoms with Crippen LogP contribution in [0.5, 0.6) is 0 Å². The predicted molar refractivity (Wildman–Crippen MR) is 118 cm³/mol. The van der Waals surface area contributed by atoms with Gasteiger partial charge in [-0.1, -0.05) is 42.5 Å². The molecule has 150 valence electrons. The van der Waals surface area contributed by atoms with Gasteiger partial charge in [-0.2, -0.15) is 4.37 Å². The lowest BCUT2D eigenvalue weighted by atomic mass is 10.1. The summed E-state index contributed by atoms with van der Waals surface area (Å²) in [4.78, 5) is 21.6. The zero-order chi connectivity index (χ0) is 20.2. The van der Waals surface area contributed by atoms with Gasteiger partial charge in [0.25, 0.3) is 0 Å². The third-order valence-electron chi connectivity index (χ3n) is 5.09. The van der Waals surface area contributed by atoms with E-state index in [2.05, 4.69) is 33.6 Å². The van der Waals surface area contributed by atoms with Crippen molar-refractivity contribution >= 4 is 28.4 Å². The molecule has 1 fully saturated rings. The molecule has 0 aliphatic carbocycles. The van der Waals surface area contributed by atoms with Gasteiger partial charge in [0.1, 0.15) is 5.82 Å². The molecule has 1 aliphatic heterocycles. The number of hydrogen-bond donors (Lipinski definition) is 1. The number of nitrogens with one attached hydrogen (secondary N) is 1. The van der Waals surface area contributed by atoms with Crippen LogP contribution in [0.3, 0.4) is 0 Å². The number of benzene rings is 2. The van der Waals surface area contributed by atoms with Crippen molar-refractivity contribution in [1.82, 2.24) is 14.3 Å². The van der Waals surface area contributed by atoms with Gasteiger partial charge in [0.05, 0.1) is 0 Å². The number of hydrogen-bond acceptors (Lipinski definition) is 5. The minimum Gasteiger partial charge on any atom is -0.343 e. The zero-order valence-corrected chi connectivity index (χ0v) is 17.5. The van der Waals surface area contributed by atoms with Crippen LogP contribution in [0, 0.1) is 6.92 Å². The second-order valence-corrected chi connectivity index (χ2v) is 8.17. The molecule has 2 amide bonds. The van der Waals surface area contributed by atoms with Gasteiger partial charge in [-0.15, -0.1) is 0 Å². The second-order valence-electron chi connectivity index (χ2n) is 7.44. The average molecular weight is 408 g/mol. The highest BCUT2D eigenvalue weighted by molar-refractivity contribution is 7.09. The van der Waals surface area contributed by atoms with Crippen LogP contribution in [-0.2, 0) is 6.42 Å². The Bertz CT molecular complexity index is 974. The maximum Gasteiger partial charge on any atom is 0.322 e.